The molecule has 0 saturated carbocycles. The third-order valence-electron chi connectivity index (χ3n) is 5.41. The van der Waals surface area contributed by atoms with Crippen LogP contribution in [0.15, 0.2) is 48.5 Å². The van der Waals surface area contributed by atoms with Gasteiger partial charge in [0.25, 0.3) is 0 Å². The molecule has 2 aromatic rings. The molecule has 0 aliphatic carbocycles. The fourth-order valence-electron chi connectivity index (χ4n) is 3.82. The van der Waals surface area contributed by atoms with Gasteiger partial charge in [0.15, 0.2) is 5.78 Å². The molecule has 8 nitrogen and oxygen atoms in total. The summed E-state index contributed by atoms with van der Waals surface area (Å²) in [5.74, 6) is -3.15. The summed E-state index contributed by atoms with van der Waals surface area (Å²) in [6.45, 7) is 0.502. The van der Waals surface area contributed by atoms with Gasteiger partial charge in [-0.1, -0.05) is 48.0 Å². The molecule has 1 aliphatic rings. The second kappa shape index (κ2) is 10.7. The zero-order valence-electron chi connectivity index (χ0n) is 18.1. The number of alkyl halides is 1. The Labute approximate surface area is 190 Å². The SMILES string of the molecule is Cc1cccc(COC(=O)N2c3ccccc3CC[C@H]2C(=O)NC(CC(=O)O)C(=O)CF)c1. The number of carboxylic acid groups (broad SMARTS) is 1. The van der Waals surface area contributed by atoms with Crippen molar-refractivity contribution in [2.45, 2.75) is 44.9 Å². The smallest absolute Gasteiger partial charge is 0.415 e. The first-order valence-electron chi connectivity index (χ1n) is 10.5. The number of carboxylic acids is 1. The van der Waals surface area contributed by atoms with Crippen LogP contribution < -0.4 is 10.2 Å². The van der Waals surface area contributed by atoms with Crippen LogP contribution in [0.2, 0.25) is 0 Å². The zero-order valence-corrected chi connectivity index (χ0v) is 18.1. The number of fused-ring (bicyclic) bond motifs is 1. The summed E-state index contributed by atoms with van der Waals surface area (Å²) in [4.78, 5) is 50.2. The largest absolute Gasteiger partial charge is 0.481 e. The maximum Gasteiger partial charge on any atom is 0.415 e. The number of aryl methyl sites for hydroxylation is 2. The van der Waals surface area contributed by atoms with Crippen molar-refractivity contribution in [1.29, 1.82) is 0 Å². The van der Waals surface area contributed by atoms with Gasteiger partial charge >= 0.3 is 12.1 Å². The number of hydrogen-bond acceptors (Lipinski definition) is 5. The second-order valence-electron chi connectivity index (χ2n) is 7.86. The van der Waals surface area contributed by atoms with Crippen LogP contribution in [-0.2, 0) is 32.1 Å². The Kier molecular flexibility index (Phi) is 7.76. The number of carbonyl (C=O) groups excluding carboxylic acids is 3. The summed E-state index contributed by atoms with van der Waals surface area (Å²) in [6, 6.07) is 11.9. The maximum absolute atomic E-state index is 13.1. The first-order chi connectivity index (χ1) is 15.8. The number of halogens is 1. The first-order valence-corrected chi connectivity index (χ1v) is 10.5. The number of aliphatic carboxylic acids is 1. The lowest BCUT2D eigenvalue weighted by Crippen LogP contribution is -2.55. The second-order valence-corrected chi connectivity index (χ2v) is 7.86. The molecule has 2 N–H and O–H groups in total. The van der Waals surface area contributed by atoms with Crippen LogP contribution in [0.3, 0.4) is 0 Å². The van der Waals surface area contributed by atoms with Gasteiger partial charge in [0.2, 0.25) is 5.91 Å². The Hall–Kier alpha value is -3.75. The molecule has 0 spiro atoms. The van der Waals surface area contributed by atoms with Crippen LogP contribution in [0, 0.1) is 6.92 Å². The number of para-hydroxylation sites is 1. The average molecular weight is 456 g/mol. The topological polar surface area (TPSA) is 113 Å². The van der Waals surface area contributed by atoms with Gasteiger partial charge in [0, 0.05) is 0 Å². The van der Waals surface area contributed by atoms with Crippen molar-refractivity contribution < 1.29 is 33.4 Å². The molecule has 174 valence electrons. The Morgan fingerprint density at radius 2 is 1.94 bits per heavy atom. The average Bonchev–Trinajstić information content (AvgIpc) is 2.80. The molecular weight excluding hydrogens is 431 g/mol. The maximum atomic E-state index is 13.1. The molecule has 9 heteroatoms. The number of Topliss-reactive ketones (excluding diaryl/α,β-unsaturated/α-hetero) is 1. The van der Waals surface area contributed by atoms with Gasteiger partial charge < -0.3 is 15.2 Å². The number of amides is 2. The van der Waals surface area contributed by atoms with E-state index in [2.05, 4.69) is 5.32 Å². The van der Waals surface area contributed by atoms with E-state index in [1.807, 2.05) is 43.3 Å². The minimum Gasteiger partial charge on any atom is -0.481 e. The Balaban J connectivity index is 1.83. The quantitative estimate of drug-likeness (QED) is 0.632. The van der Waals surface area contributed by atoms with Crippen molar-refractivity contribution in [3.63, 3.8) is 0 Å². The number of nitrogens with one attached hydrogen (secondary N) is 1. The van der Waals surface area contributed by atoms with E-state index >= 15 is 0 Å². The zero-order chi connectivity index (χ0) is 24.0. The molecule has 2 aromatic carbocycles. The van der Waals surface area contributed by atoms with E-state index in [0.29, 0.717) is 12.1 Å². The molecule has 2 amide bonds. The van der Waals surface area contributed by atoms with Gasteiger partial charge in [-0.3, -0.25) is 19.3 Å². The number of carbonyl (C=O) groups is 4. The number of anilines is 1. The van der Waals surface area contributed by atoms with Crippen LogP contribution in [0.25, 0.3) is 0 Å². The molecular formula is C24H25FN2O6. The van der Waals surface area contributed by atoms with E-state index < -0.39 is 48.9 Å². The first kappa shape index (κ1) is 23.9. The predicted octanol–water partition coefficient (Wildman–Crippen LogP) is 2.95. The minimum absolute atomic E-state index is 0.00447. The third kappa shape index (κ3) is 5.94. The highest BCUT2D eigenvalue weighted by Crippen LogP contribution is 2.31. The minimum atomic E-state index is -1.53. The Morgan fingerprint density at radius 1 is 1.18 bits per heavy atom. The highest BCUT2D eigenvalue weighted by molar-refractivity contribution is 6.01. The number of rotatable bonds is 8. The van der Waals surface area contributed by atoms with Crippen LogP contribution in [-0.4, -0.2) is 47.6 Å². The molecule has 1 aliphatic heterocycles. The van der Waals surface area contributed by atoms with E-state index in [4.69, 9.17) is 9.84 Å². The normalized spacial score (nSPS) is 15.8. The lowest BCUT2D eigenvalue weighted by Gasteiger charge is -2.36. The van der Waals surface area contributed by atoms with Gasteiger partial charge in [0.1, 0.15) is 25.4 Å². The molecule has 0 fully saturated rings. The van der Waals surface area contributed by atoms with Gasteiger partial charge in [-0.05, 0) is 37.0 Å². The fraction of sp³-hybridized carbons (Fsp3) is 0.333. The van der Waals surface area contributed by atoms with Crippen molar-refractivity contribution in [3.05, 3.63) is 65.2 Å². The van der Waals surface area contributed by atoms with Gasteiger partial charge in [-0.15, -0.1) is 0 Å². The highest BCUT2D eigenvalue weighted by atomic mass is 19.1. The van der Waals surface area contributed by atoms with Crippen molar-refractivity contribution in [1.82, 2.24) is 5.32 Å². The van der Waals surface area contributed by atoms with Crippen LogP contribution >= 0.6 is 0 Å². The molecule has 2 atom stereocenters. The molecule has 0 aromatic heterocycles. The van der Waals surface area contributed by atoms with Gasteiger partial charge in [-0.2, -0.15) is 0 Å². The molecule has 0 saturated heterocycles. The van der Waals surface area contributed by atoms with E-state index in [1.54, 1.807) is 12.1 Å². The number of benzene rings is 2. The molecule has 1 unspecified atom stereocenters. The summed E-state index contributed by atoms with van der Waals surface area (Å²) in [5, 5.41) is 11.3. The van der Waals surface area contributed by atoms with Crippen LogP contribution in [0.1, 0.15) is 29.5 Å². The highest BCUT2D eigenvalue weighted by Gasteiger charge is 2.38. The number of ketones is 1. The van der Waals surface area contributed by atoms with Crippen LogP contribution in [0.4, 0.5) is 14.9 Å². The van der Waals surface area contributed by atoms with E-state index in [9.17, 15) is 23.6 Å². The van der Waals surface area contributed by atoms with Crippen LogP contribution in [0.5, 0.6) is 0 Å². The molecule has 3 rings (SSSR count). The Bertz CT molecular complexity index is 1060. The van der Waals surface area contributed by atoms with Gasteiger partial charge in [0.05, 0.1) is 12.1 Å². The van der Waals surface area contributed by atoms with Crippen molar-refractivity contribution in [2.75, 3.05) is 11.6 Å². The monoisotopic (exact) mass is 456 g/mol. The molecule has 33 heavy (non-hydrogen) atoms. The lowest BCUT2D eigenvalue weighted by molar-refractivity contribution is -0.140. The summed E-state index contributed by atoms with van der Waals surface area (Å²) in [5.41, 5.74) is 3.12. The number of hydrogen-bond donors (Lipinski definition) is 2. The molecule has 1 heterocycles. The summed E-state index contributed by atoms with van der Waals surface area (Å²) >= 11 is 0. The molecule has 0 radical (unpaired) electrons. The summed E-state index contributed by atoms with van der Waals surface area (Å²) < 4.78 is 18.4. The summed E-state index contributed by atoms with van der Waals surface area (Å²) in [7, 11) is 0. The van der Waals surface area contributed by atoms with Gasteiger partial charge in [-0.25, -0.2) is 9.18 Å². The van der Waals surface area contributed by atoms with Crippen molar-refractivity contribution in [2.24, 2.45) is 0 Å². The summed E-state index contributed by atoms with van der Waals surface area (Å²) in [6.07, 6.45) is -0.798. The van der Waals surface area contributed by atoms with E-state index in [0.717, 1.165) is 16.7 Å². The number of nitrogens with zero attached hydrogens (tertiary/aromatic N) is 1. The number of ether oxygens (including phenoxy) is 1. The van der Waals surface area contributed by atoms with Crippen molar-refractivity contribution >= 4 is 29.4 Å². The van der Waals surface area contributed by atoms with E-state index in [-0.39, 0.29) is 13.0 Å². The molecule has 0 bridgehead atoms. The van der Waals surface area contributed by atoms with Crippen molar-refractivity contribution in [3.8, 4) is 0 Å². The third-order valence-corrected chi connectivity index (χ3v) is 5.41. The lowest BCUT2D eigenvalue weighted by atomic mass is 9.95. The fourth-order valence-corrected chi connectivity index (χ4v) is 3.82. The Morgan fingerprint density at radius 3 is 2.64 bits per heavy atom. The predicted molar refractivity (Wildman–Crippen MR) is 118 cm³/mol. The van der Waals surface area contributed by atoms with E-state index in [1.165, 1.54) is 4.90 Å². The standard InChI is InChI=1S/C24H25FN2O6/c1-15-5-4-6-16(11-15)14-33-24(32)27-19-8-3-2-7-17(19)9-10-20(27)23(31)26-18(12-22(29)30)21(28)13-25/h2-8,11,18,20H,9-10,12-14H2,1H3,(H,26,31)(H,29,30)/t18?,20-/m0/s1.